The van der Waals surface area contributed by atoms with Crippen LogP contribution in [-0.4, -0.2) is 29.0 Å². The quantitative estimate of drug-likeness (QED) is 0.679. The van der Waals surface area contributed by atoms with Gasteiger partial charge in [0, 0.05) is 30.9 Å². The van der Waals surface area contributed by atoms with Crippen molar-refractivity contribution in [1.29, 1.82) is 0 Å². The molecule has 0 amide bonds. The summed E-state index contributed by atoms with van der Waals surface area (Å²) in [4.78, 5) is 16.6. The third-order valence-electron chi connectivity index (χ3n) is 3.97. The number of anilines is 2. The minimum atomic E-state index is -0.445. The van der Waals surface area contributed by atoms with Gasteiger partial charge in [-0.15, -0.1) is 0 Å². The number of hydrogen-bond acceptors (Lipinski definition) is 5. The SMILES string of the molecule is CC1Cc2ccccc2N1CCNc1ccc([N+](=O)[O-])cn1. The topological polar surface area (TPSA) is 71.3 Å². The lowest BCUT2D eigenvalue weighted by Crippen LogP contribution is -2.33. The number of benzene rings is 1. The summed E-state index contributed by atoms with van der Waals surface area (Å²) >= 11 is 0. The third-order valence-corrected chi connectivity index (χ3v) is 3.97. The summed E-state index contributed by atoms with van der Waals surface area (Å²) < 4.78 is 0. The highest BCUT2D eigenvalue weighted by Gasteiger charge is 2.24. The van der Waals surface area contributed by atoms with Gasteiger partial charge in [0.25, 0.3) is 5.69 Å². The predicted molar refractivity (Wildman–Crippen MR) is 86.3 cm³/mol. The van der Waals surface area contributed by atoms with Gasteiger partial charge in [-0.05, 0) is 31.0 Å². The van der Waals surface area contributed by atoms with Gasteiger partial charge in [0.1, 0.15) is 12.0 Å². The van der Waals surface area contributed by atoms with Crippen LogP contribution < -0.4 is 10.2 Å². The molecular weight excluding hydrogens is 280 g/mol. The van der Waals surface area contributed by atoms with E-state index < -0.39 is 4.92 Å². The molecule has 0 radical (unpaired) electrons. The number of nitrogens with one attached hydrogen (secondary N) is 1. The predicted octanol–water partition coefficient (Wildman–Crippen LogP) is 2.85. The van der Waals surface area contributed by atoms with Crippen LogP contribution in [0.15, 0.2) is 42.6 Å². The van der Waals surface area contributed by atoms with Crippen molar-refractivity contribution in [3.8, 4) is 0 Å². The zero-order valence-electron chi connectivity index (χ0n) is 12.4. The minimum Gasteiger partial charge on any atom is -0.368 e. The lowest BCUT2D eigenvalue weighted by atomic mass is 10.1. The monoisotopic (exact) mass is 298 g/mol. The van der Waals surface area contributed by atoms with E-state index >= 15 is 0 Å². The average molecular weight is 298 g/mol. The zero-order chi connectivity index (χ0) is 15.5. The van der Waals surface area contributed by atoms with E-state index in [1.807, 2.05) is 0 Å². The van der Waals surface area contributed by atoms with Gasteiger partial charge < -0.3 is 10.2 Å². The fraction of sp³-hybridized carbons (Fsp3) is 0.312. The number of fused-ring (bicyclic) bond motifs is 1. The van der Waals surface area contributed by atoms with Gasteiger partial charge in [-0.1, -0.05) is 18.2 Å². The van der Waals surface area contributed by atoms with Crippen molar-refractivity contribution in [3.05, 3.63) is 58.3 Å². The van der Waals surface area contributed by atoms with Crippen molar-refractivity contribution < 1.29 is 4.92 Å². The van der Waals surface area contributed by atoms with E-state index in [4.69, 9.17) is 0 Å². The number of nitrogens with zero attached hydrogens (tertiary/aromatic N) is 3. The molecule has 2 aromatic rings. The Bertz CT molecular complexity index is 672. The molecule has 3 rings (SSSR count). The highest BCUT2D eigenvalue weighted by molar-refractivity contribution is 5.59. The Balaban J connectivity index is 1.58. The summed E-state index contributed by atoms with van der Waals surface area (Å²) in [5.41, 5.74) is 2.70. The molecule has 1 unspecified atom stereocenters. The first-order valence-electron chi connectivity index (χ1n) is 7.34. The molecule has 1 atom stereocenters. The van der Waals surface area contributed by atoms with Crippen LogP contribution >= 0.6 is 0 Å². The molecule has 1 aromatic carbocycles. The van der Waals surface area contributed by atoms with E-state index in [-0.39, 0.29) is 5.69 Å². The average Bonchev–Trinajstić information content (AvgIpc) is 2.84. The molecule has 1 aromatic heterocycles. The molecule has 2 heterocycles. The molecule has 1 aliphatic rings. The second-order valence-electron chi connectivity index (χ2n) is 5.46. The van der Waals surface area contributed by atoms with Crippen LogP contribution in [0.25, 0.3) is 0 Å². The van der Waals surface area contributed by atoms with Crippen molar-refractivity contribution in [2.24, 2.45) is 0 Å². The normalized spacial score (nSPS) is 16.4. The largest absolute Gasteiger partial charge is 0.368 e. The molecule has 1 N–H and O–H groups in total. The molecule has 6 heteroatoms. The Kier molecular flexibility index (Phi) is 3.91. The van der Waals surface area contributed by atoms with Gasteiger partial charge in [0.15, 0.2) is 0 Å². The Morgan fingerprint density at radius 1 is 1.36 bits per heavy atom. The number of pyridine rings is 1. The second-order valence-corrected chi connectivity index (χ2v) is 5.46. The maximum Gasteiger partial charge on any atom is 0.287 e. The summed E-state index contributed by atoms with van der Waals surface area (Å²) in [5.74, 6) is 0.658. The lowest BCUT2D eigenvalue weighted by molar-refractivity contribution is -0.385. The molecule has 0 aliphatic carbocycles. The highest BCUT2D eigenvalue weighted by Crippen LogP contribution is 2.31. The van der Waals surface area contributed by atoms with Crippen LogP contribution in [0.3, 0.4) is 0 Å². The van der Waals surface area contributed by atoms with Crippen molar-refractivity contribution in [1.82, 2.24) is 4.98 Å². The van der Waals surface area contributed by atoms with Crippen LogP contribution in [0, 0.1) is 10.1 Å². The number of para-hydroxylation sites is 1. The summed E-state index contributed by atoms with van der Waals surface area (Å²) in [5, 5.41) is 13.8. The molecule has 0 bridgehead atoms. The lowest BCUT2D eigenvalue weighted by Gasteiger charge is -2.25. The first-order chi connectivity index (χ1) is 10.6. The standard InChI is InChI=1S/C16H18N4O2/c1-12-10-13-4-2-3-5-15(13)19(12)9-8-17-16-7-6-14(11-18-16)20(21)22/h2-7,11-12H,8-10H2,1H3,(H,17,18). The van der Waals surface area contributed by atoms with Crippen molar-refractivity contribution in [2.75, 3.05) is 23.3 Å². The van der Waals surface area contributed by atoms with Crippen molar-refractivity contribution in [3.63, 3.8) is 0 Å². The Morgan fingerprint density at radius 3 is 2.91 bits per heavy atom. The van der Waals surface area contributed by atoms with Crippen LogP contribution in [0.5, 0.6) is 0 Å². The molecule has 6 nitrogen and oxygen atoms in total. The van der Waals surface area contributed by atoms with Gasteiger partial charge in [-0.25, -0.2) is 4.98 Å². The first kappa shape index (κ1) is 14.3. The van der Waals surface area contributed by atoms with Crippen LogP contribution in [-0.2, 0) is 6.42 Å². The smallest absolute Gasteiger partial charge is 0.287 e. The molecule has 1 aliphatic heterocycles. The number of hydrogen-bond donors (Lipinski definition) is 1. The van der Waals surface area contributed by atoms with Gasteiger partial charge in [-0.2, -0.15) is 0 Å². The van der Waals surface area contributed by atoms with E-state index in [2.05, 4.69) is 46.4 Å². The summed E-state index contributed by atoms with van der Waals surface area (Å²) in [6.45, 7) is 3.84. The third kappa shape index (κ3) is 2.86. The maximum atomic E-state index is 10.6. The molecule has 0 saturated carbocycles. The molecule has 0 spiro atoms. The summed E-state index contributed by atoms with van der Waals surface area (Å²) in [6.07, 6.45) is 2.35. The summed E-state index contributed by atoms with van der Waals surface area (Å²) in [6, 6.07) is 12.1. The number of nitro groups is 1. The van der Waals surface area contributed by atoms with Crippen molar-refractivity contribution in [2.45, 2.75) is 19.4 Å². The number of aromatic nitrogens is 1. The van der Waals surface area contributed by atoms with Gasteiger partial charge >= 0.3 is 0 Å². The van der Waals surface area contributed by atoms with Crippen molar-refractivity contribution >= 4 is 17.2 Å². The fourth-order valence-corrected chi connectivity index (χ4v) is 2.87. The molecule has 22 heavy (non-hydrogen) atoms. The van der Waals surface area contributed by atoms with Gasteiger partial charge in [0.05, 0.1) is 4.92 Å². The van der Waals surface area contributed by atoms with Crippen LogP contribution in [0.2, 0.25) is 0 Å². The van der Waals surface area contributed by atoms with E-state index in [0.717, 1.165) is 19.5 Å². The highest BCUT2D eigenvalue weighted by atomic mass is 16.6. The molecular formula is C16H18N4O2. The Labute approximate surface area is 128 Å². The molecule has 0 fully saturated rings. The van der Waals surface area contributed by atoms with Crippen LogP contribution in [0.4, 0.5) is 17.2 Å². The van der Waals surface area contributed by atoms with Gasteiger partial charge in [0.2, 0.25) is 0 Å². The Hall–Kier alpha value is -2.63. The summed E-state index contributed by atoms with van der Waals surface area (Å²) in [7, 11) is 0. The first-order valence-corrected chi connectivity index (χ1v) is 7.34. The van der Waals surface area contributed by atoms with E-state index in [9.17, 15) is 10.1 Å². The van der Waals surface area contributed by atoms with Gasteiger partial charge in [-0.3, -0.25) is 10.1 Å². The molecule has 114 valence electrons. The number of rotatable bonds is 5. The zero-order valence-corrected chi connectivity index (χ0v) is 12.4. The Morgan fingerprint density at radius 2 is 2.18 bits per heavy atom. The maximum absolute atomic E-state index is 10.6. The second kappa shape index (κ2) is 6.01. The van der Waals surface area contributed by atoms with E-state index in [1.54, 1.807) is 6.07 Å². The van der Waals surface area contributed by atoms with E-state index in [1.165, 1.54) is 23.5 Å². The van der Waals surface area contributed by atoms with E-state index in [0.29, 0.717) is 11.9 Å². The van der Waals surface area contributed by atoms with Crippen LogP contribution in [0.1, 0.15) is 12.5 Å². The molecule has 0 saturated heterocycles. The fourth-order valence-electron chi connectivity index (χ4n) is 2.87. The minimum absolute atomic E-state index is 0.00708.